The van der Waals surface area contributed by atoms with Crippen LogP contribution in [0.2, 0.25) is 0 Å². The van der Waals surface area contributed by atoms with Gasteiger partial charge in [-0.15, -0.1) is 0 Å². The zero-order chi connectivity index (χ0) is 16.3. The summed E-state index contributed by atoms with van der Waals surface area (Å²) in [5.74, 6) is 0. The van der Waals surface area contributed by atoms with Crippen LogP contribution < -0.4 is 5.32 Å². The van der Waals surface area contributed by atoms with Crippen LogP contribution in [0.5, 0.6) is 0 Å². The number of fused-ring (bicyclic) bond motifs is 1. The Morgan fingerprint density at radius 3 is 2.35 bits per heavy atom. The molecule has 0 aromatic heterocycles. The molecule has 0 spiro atoms. The van der Waals surface area contributed by atoms with Gasteiger partial charge >= 0.3 is 6.18 Å². The molecule has 4 heteroatoms. The molecule has 1 N–H and O–H groups in total. The van der Waals surface area contributed by atoms with Crippen molar-refractivity contribution in [2.24, 2.45) is 0 Å². The zero-order valence-electron chi connectivity index (χ0n) is 12.9. The molecule has 0 saturated heterocycles. The molecule has 3 rings (SSSR count). The summed E-state index contributed by atoms with van der Waals surface area (Å²) < 4.78 is 37.7. The van der Waals surface area contributed by atoms with Crippen LogP contribution in [0.25, 0.3) is 0 Å². The summed E-state index contributed by atoms with van der Waals surface area (Å²) in [6.45, 7) is 0.602. The highest BCUT2D eigenvalue weighted by molar-refractivity contribution is 5.29. The molecule has 1 atom stereocenters. The summed E-state index contributed by atoms with van der Waals surface area (Å²) in [5.41, 5.74) is 3.10. The first-order chi connectivity index (χ1) is 11.0. The van der Waals surface area contributed by atoms with Crippen LogP contribution in [0.15, 0.2) is 48.5 Å². The van der Waals surface area contributed by atoms with Crippen LogP contribution >= 0.6 is 0 Å². The second kappa shape index (κ2) is 6.75. The van der Waals surface area contributed by atoms with E-state index in [1.54, 1.807) is 12.1 Å². The van der Waals surface area contributed by atoms with Crippen LogP contribution in [0.4, 0.5) is 13.2 Å². The Morgan fingerprint density at radius 1 is 0.957 bits per heavy atom. The molecule has 0 saturated carbocycles. The molecule has 1 aliphatic carbocycles. The van der Waals surface area contributed by atoms with E-state index in [1.807, 2.05) is 0 Å². The average Bonchev–Trinajstić information content (AvgIpc) is 2.74. The van der Waals surface area contributed by atoms with E-state index in [0.717, 1.165) is 43.4 Å². The molecule has 0 bridgehead atoms. The number of rotatable bonds is 3. The van der Waals surface area contributed by atoms with Gasteiger partial charge in [-0.25, -0.2) is 0 Å². The molecule has 0 aliphatic heterocycles. The fraction of sp³-hybridized carbons (Fsp3) is 0.368. The van der Waals surface area contributed by atoms with Crippen LogP contribution in [-0.4, -0.2) is 6.04 Å². The predicted molar refractivity (Wildman–Crippen MR) is 85.2 cm³/mol. The van der Waals surface area contributed by atoms with Crippen molar-refractivity contribution in [1.82, 2.24) is 5.32 Å². The molecule has 0 radical (unpaired) electrons. The SMILES string of the molecule is FC(F)(F)c1ccc(CNC2CCCc3ccccc3C2)cc1. The maximum atomic E-state index is 12.6. The van der Waals surface area contributed by atoms with Crippen molar-refractivity contribution < 1.29 is 13.2 Å². The van der Waals surface area contributed by atoms with E-state index in [0.29, 0.717) is 12.6 Å². The minimum Gasteiger partial charge on any atom is -0.310 e. The Kier molecular flexibility index (Phi) is 4.71. The summed E-state index contributed by atoms with van der Waals surface area (Å²) in [6.07, 6.45) is 0.0550. The summed E-state index contributed by atoms with van der Waals surface area (Å²) in [7, 11) is 0. The first-order valence-electron chi connectivity index (χ1n) is 7.99. The highest BCUT2D eigenvalue weighted by Crippen LogP contribution is 2.29. The van der Waals surface area contributed by atoms with E-state index < -0.39 is 11.7 Å². The van der Waals surface area contributed by atoms with Crippen molar-refractivity contribution in [2.45, 2.75) is 44.4 Å². The van der Waals surface area contributed by atoms with Gasteiger partial charge < -0.3 is 5.32 Å². The van der Waals surface area contributed by atoms with Crippen LogP contribution in [0, 0.1) is 0 Å². The highest BCUT2D eigenvalue weighted by atomic mass is 19.4. The van der Waals surface area contributed by atoms with Gasteiger partial charge in [0.05, 0.1) is 5.56 Å². The molecule has 2 aromatic carbocycles. The lowest BCUT2D eigenvalue weighted by molar-refractivity contribution is -0.137. The van der Waals surface area contributed by atoms with Crippen molar-refractivity contribution >= 4 is 0 Å². The van der Waals surface area contributed by atoms with Gasteiger partial charge in [-0.3, -0.25) is 0 Å². The summed E-state index contributed by atoms with van der Waals surface area (Å²) >= 11 is 0. The van der Waals surface area contributed by atoms with Gasteiger partial charge in [0.25, 0.3) is 0 Å². The Hall–Kier alpha value is -1.81. The first kappa shape index (κ1) is 16.1. The Labute approximate surface area is 134 Å². The maximum absolute atomic E-state index is 12.6. The molecule has 2 aromatic rings. The minimum atomic E-state index is -4.27. The first-order valence-corrected chi connectivity index (χ1v) is 7.99. The van der Waals surface area contributed by atoms with Crippen LogP contribution in [-0.2, 0) is 25.6 Å². The lowest BCUT2D eigenvalue weighted by Gasteiger charge is -2.17. The zero-order valence-corrected chi connectivity index (χ0v) is 12.9. The van der Waals surface area contributed by atoms with Crippen molar-refractivity contribution in [2.75, 3.05) is 0 Å². The van der Waals surface area contributed by atoms with Crippen LogP contribution in [0.1, 0.15) is 35.1 Å². The molecular formula is C19H20F3N. The number of alkyl halides is 3. The molecule has 1 nitrogen and oxygen atoms in total. The normalized spacial score (nSPS) is 18.3. The molecule has 0 amide bonds. The molecule has 0 heterocycles. The maximum Gasteiger partial charge on any atom is 0.416 e. The highest BCUT2D eigenvalue weighted by Gasteiger charge is 2.29. The van der Waals surface area contributed by atoms with Gasteiger partial charge in [-0.05, 0) is 54.5 Å². The van der Waals surface area contributed by atoms with Gasteiger partial charge in [0.2, 0.25) is 0 Å². The quantitative estimate of drug-likeness (QED) is 0.806. The molecular weight excluding hydrogens is 299 g/mol. The van der Waals surface area contributed by atoms with Gasteiger partial charge in [-0.1, -0.05) is 36.4 Å². The van der Waals surface area contributed by atoms with Crippen LogP contribution in [0.3, 0.4) is 0 Å². The van der Waals surface area contributed by atoms with E-state index >= 15 is 0 Å². The lowest BCUT2D eigenvalue weighted by Crippen LogP contribution is -2.30. The van der Waals surface area contributed by atoms with Gasteiger partial charge in [0, 0.05) is 12.6 Å². The second-order valence-corrected chi connectivity index (χ2v) is 6.14. The number of halogens is 3. The fourth-order valence-electron chi connectivity index (χ4n) is 3.15. The van der Waals surface area contributed by atoms with E-state index in [4.69, 9.17) is 0 Å². The summed E-state index contributed by atoms with van der Waals surface area (Å²) in [6, 6.07) is 14.3. The Bertz CT molecular complexity index is 646. The lowest BCUT2D eigenvalue weighted by atomic mass is 10.0. The number of benzene rings is 2. The standard InChI is InChI=1S/C19H20F3N/c20-19(21,22)17-10-8-14(9-11-17)13-23-18-7-3-6-15-4-1-2-5-16(15)12-18/h1-2,4-5,8-11,18,23H,3,6-7,12-13H2. The smallest absolute Gasteiger partial charge is 0.310 e. The van der Waals surface area contributed by atoms with E-state index in [1.165, 1.54) is 11.1 Å². The number of hydrogen-bond acceptors (Lipinski definition) is 1. The van der Waals surface area contributed by atoms with Crippen molar-refractivity contribution in [3.05, 3.63) is 70.8 Å². The average molecular weight is 319 g/mol. The Morgan fingerprint density at radius 2 is 1.65 bits per heavy atom. The van der Waals surface area contributed by atoms with Gasteiger partial charge in [0.1, 0.15) is 0 Å². The molecule has 0 fully saturated rings. The monoisotopic (exact) mass is 319 g/mol. The second-order valence-electron chi connectivity index (χ2n) is 6.14. The largest absolute Gasteiger partial charge is 0.416 e. The number of aryl methyl sites for hydroxylation is 1. The third kappa shape index (κ3) is 4.14. The van der Waals surface area contributed by atoms with Gasteiger partial charge in [0.15, 0.2) is 0 Å². The van der Waals surface area contributed by atoms with E-state index in [-0.39, 0.29) is 0 Å². The molecule has 1 aliphatic rings. The molecule has 23 heavy (non-hydrogen) atoms. The van der Waals surface area contributed by atoms with Gasteiger partial charge in [-0.2, -0.15) is 13.2 Å². The van der Waals surface area contributed by atoms with Crippen molar-refractivity contribution in [1.29, 1.82) is 0 Å². The molecule has 122 valence electrons. The Balaban J connectivity index is 1.60. The molecule has 1 unspecified atom stereocenters. The number of hydrogen-bond donors (Lipinski definition) is 1. The van der Waals surface area contributed by atoms with E-state index in [9.17, 15) is 13.2 Å². The van der Waals surface area contributed by atoms with E-state index in [2.05, 4.69) is 29.6 Å². The minimum absolute atomic E-state index is 0.376. The van der Waals surface area contributed by atoms with Crippen molar-refractivity contribution in [3.63, 3.8) is 0 Å². The predicted octanol–water partition coefficient (Wildman–Crippen LogP) is 4.74. The topological polar surface area (TPSA) is 12.0 Å². The number of nitrogens with one attached hydrogen (secondary N) is 1. The third-order valence-corrected chi connectivity index (χ3v) is 4.46. The third-order valence-electron chi connectivity index (χ3n) is 4.46. The fourth-order valence-corrected chi connectivity index (χ4v) is 3.15. The van der Waals surface area contributed by atoms with Crippen molar-refractivity contribution in [3.8, 4) is 0 Å². The summed E-state index contributed by atoms with van der Waals surface area (Å²) in [5, 5.41) is 3.50. The summed E-state index contributed by atoms with van der Waals surface area (Å²) in [4.78, 5) is 0.